The van der Waals surface area contributed by atoms with Crippen LogP contribution in [0.15, 0.2) is 18.2 Å². The molecule has 0 spiro atoms. The molecule has 3 rings (SSSR count). The molecule has 0 unspecified atom stereocenters. The first-order valence-electron chi connectivity index (χ1n) is 8.38. The zero-order valence-corrected chi connectivity index (χ0v) is 15.2. The third-order valence-electron chi connectivity index (χ3n) is 4.41. The van der Waals surface area contributed by atoms with Crippen molar-refractivity contribution in [2.75, 3.05) is 23.7 Å². The van der Waals surface area contributed by atoms with Crippen LogP contribution in [0.3, 0.4) is 0 Å². The smallest absolute Gasteiger partial charge is 0.356 e. The number of rotatable bonds is 4. The molecule has 148 valence electrons. The number of sulfonamides is 1. The van der Waals surface area contributed by atoms with Gasteiger partial charge in [0.15, 0.2) is 0 Å². The Labute approximate surface area is 153 Å². The molecule has 0 bridgehead atoms. The van der Waals surface area contributed by atoms with Crippen LogP contribution in [0.2, 0.25) is 0 Å². The Kier molecular flexibility index (Phi) is 5.26. The van der Waals surface area contributed by atoms with E-state index in [1.54, 1.807) is 4.90 Å². The molecule has 2 heterocycles. The van der Waals surface area contributed by atoms with Crippen molar-refractivity contribution in [3.8, 4) is 0 Å². The number of alkyl halides is 3. The predicted molar refractivity (Wildman–Crippen MR) is 92.3 cm³/mol. The number of nitrogens with zero attached hydrogens (tertiary/aromatic N) is 3. The van der Waals surface area contributed by atoms with Gasteiger partial charge in [0.25, 0.3) is 0 Å². The van der Waals surface area contributed by atoms with Crippen molar-refractivity contribution in [2.24, 2.45) is 0 Å². The number of anilines is 1. The van der Waals surface area contributed by atoms with E-state index in [-0.39, 0.29) is 41.6 Å². The second-order valence-electron chi connectivity index (χ2n) is 6.31. The predicted octanol–water partition coefficient (Wildman–Crippen LogP) is 2.70. The van der Waals surface area contributed by atoms with Crippen molar-refractivity contribution in [1.29, 1.82) is 0 Å². The Bertz CT molecular complexity index is 941. The molecule has 0 saturated carbocycles. The van der Waals surface area contributed by atoms with E-state index < -0.39 is 27.8 Å². The molecule has 0 amide bonds. The van der Waals surface area contributed by atoms with E-state index in [9.17, 15) is 26.0 Å². The van der Waals surface area contributed by atoms with Crippen LogP contribution in [0, 0.1) is 5.82 Å². The first kappa shape index (κ1) is 19.7. The maximum Gasteiger partial charge on any atom is 0.451 e. The number of hydrogen-bond donors (Lipinski definition) is 1. The summed E-state index contributed by atoms with van der Waals surface area (Å²) in [6.45, 7) is 2.10. The standard InChI is InChI=1S/C16H18F4N4O2S/c1-2-27(25,26)23-11-5-7-24(8-6-11)14-12-9-10(17)3-4-13(12)21-15(22-14)16(18,19)20/h3-4,9,11,23H,2,5-8H2,1H3. The molecule has 0 atom stereocenters. The van der Waals surface area contributed by atoms with Crippen molar-refractivity contribution in [2.45, 2.75) is 32.0 Å². The lowest BCUT2D eigenvalue weighted by Crippen LogP contribution is -2.45. The largest absolute Gasteiger partial charge is 0.451 e. The fraction of sp³-hybridized carbons (Fsp3) is 0.500. The number of benzene rings is 1. The maximum absolute atomic E-state index is 13.6. The van der Waals surface area contributed by atoms with Crippen LogP contribution in [0.5, 0.6) is 0 Å². The molecular weight excluding hydrogens is 388 g/mol. The van der Waals surface area contributed by atoms with Gasteiger partial charge in [-0.1, -0.05) is 0 Å². The summed E-state index contributed by atoms with van der Waals surface area (Å²) in [7, 11) is -3.36. The van der Waals surface area contributed by atoms with Gasteiger partial charge in [0.2, 0.25) is 15.8 Å². The minimum atomic E-state index is -4.73. The second kappa shape index (κ2) is 7.19. The highest BCUT2D eigenvalue weighted by Crippen LogP contribution is 2.33. The van der Waals surface area contributed by atoms with E-state index in [2.05, 4.69) is 14.7 Å². The van der Waals surface area contributed by atoms with E-state index >= 15 is 0 Å². The van der Waals surface area contributed by atoms with Crippen LogP contribution in [0.1, 0.15) is 25.6 Å². The van der Waals surface area contributed by atoms with Gasteiger partial charge in [0.05, 0.1) is 11.3 Å². The third kappa shape index (κ3) is 4.46. The van der Waals surface area contributed by atoms with Crippen molar-refractivity contribution in [1.82, 2.24) is 14.7 Å². The van der Waals surface area contributed by atoms with Crippen LogP contribution in [0.4, 0.5) is 23.4 Å². The summed E-state index contributed by atoms with van der Waals surface area (Å²) < 4.78 is 79.0. The number of fused-ring (bicyclic) bond motifs is 1. The SMILES string of the molecule is CCS(=O)(=O)NC1CCN(c2nc(C(F)(F)F)nc3ccc(F)cc23)CC1. The molecule has 0 aliphatic carbocycles. The summed E-state index contributed by atoms with van der Waals surface area (Å²) in [6, 6.07) is 3.05. The Morgan fingerprint density at radius 2 is 1.89 bits per heavy atom. The van der Waals surface area contributed by atoms with E-state index in [0.717, 1.165) is 12.1 Å². The van der Waals surface area contributed by atoms with Crippen LogP contribution < -0.4 is 9.62 Å². The van der Waals surface area contributed by atoms with Gasteiger partial charge in [-0.15, -0.1) is 0 Å². The van der Waals surface area contributed by atoms with E-state index in [1.807, 2.05) is 0 Å². The van der Waals surface area contributed by atoms with Gasteiger partial charge in [-0.25, -0.2) is 27.5 Å². The van der Waals surface area contributed by atoms with Crippen molar-refractivity contribution in [3.05, 3.63) is 29.8 Å². The van der Waals surface area contributed by atoms with E-state index in [1.165, 1.54) is 13.0 Å². The summed E-state index contributed by atoms with van der Waals surface area (Å²) in [5.74, 6) is -1.93. The zero-order chi connectivity index (χ0) is 19.8. The topological polar surface area (TPSA) is 75.2 Å². The van der Waals surface area contributed by atoms with Crippen molar-refractivity contribution >= 4 is 26.7 Å². The van der Waals surface area contributed by atoms with Crippen LogP contribution in [-0.2, 0) is 16.2 Å². The van der Waals surface area contributed by atoms with Gasteiger partial charge in [0.1, 0.15) is 11.6 Å². The number of nitrogens with one attached hydrogen (secondary N) is 1. The zero-order valence-electron chi connectivity index (χ0n) is 14.4. The van der Waals surface area contributed by atoms with Crippen molar-refractivity contribution in [3.63, 3.8) is 0 Å². The lowest BCUT2D eigenvalue weighted by Gasteiger charge is -2.33. The molecule has 11 heteroatoms. The van der Waals surface area contributed by atoms with Gasteiger partial charge < -0.3 is 4.90 Å². The molecule has 1 aliphatic heterocycles. The summed E-state index contributed by atoms with van der Waals surface area (Å²) in [5.41, 5.74) is 0.00235. The Hall–Kier alpha value is -2.01. The van der Waals surface area contributed by atoms with Gasteiger partial charge >= 0.3 is 6.18 Å². The molecule has 27 heavy (non-hydrogen) atoms. The number of hydrogen-bond acceptors (Lipinski definition) is 5. The summed E-state index contributed by atoms with van der Waals surface area (Å²) in [4.78, 5) is 8.74. The number of aromatic nitrogens is 2. The molecule has 1 N–H and O–H groups in total. The lowest BCUT2D eigenvalue weighted by atomic mass is 10.1. The Balaban J connectivity index is 1.91. The van der Waals surface area contributed by atoms with Gasteiger partial charge in [-0.05, 0) is 38.0 Å². The first-order valence-corrected chi connectivity index (χ1v) is 10.0. The molecule has 6 nitrogen and oxygen atoms in total. The molecule has 1 aromatic heterocycles. The average molecular weight is 406 g/mol. The second-order valence-corrected chi connectivity index (χ2v) is 8.36. The summed E-state index contributed by atoms with van der Waals surface area (Å²) in [5, 5.41) is 0.190. The normalized spacial score (nSPS) is 16.9. The minimum Gasteiger partial charge on any atom is -0.356 e. The summed E-state index contributed by atoms with van der Waals surface area (Å²) in [6.07, 6.45) is -3.92. The highest BCUT2D eigenvalue weighted by atomic mass is 32.2. The monoisotopic (exact) mass is 406 g/mol. The van der Waals surface area contributed by atoms with Gasteiger partial charge in [0, 0.05) is 24.5 Å². The molecule has 1 fully saturated rings. The fourth-order valence-corrected chi connectivity index (χ4v) is 3.91. The lowest BCUT2D eigenvalue weighted by molar-refractivity contribution is -0.144. The number of piperidine rings is 1. The molecule has 1 aliphatic rings. The highest BCUT2D eigenvalue weighted by molar-refractivity contribution is 7.89. The van der Waals surface area contributed by atoms with E-state index in [4.69, 9.17) is 0 Å². The van der Waals surface area contributed by atoms with Crippen molar-refractivity contribution < 1.29 is 26.0 Å². The maximum atomic E-state index is 13.6. The van der Waals surface area contributed by atoms with Crippen LogP contribution in [0.25, 0.3) is 10.9 Å². The highest BCUT2D eigenvalue weighted by Gasteiger charge is 2.36. The minimum absolute atomic E-state index is 0.00235. The quantitative estimate of drug-likeness (QED) is 0.791. The van der Waals surface area contributed by atoms with E-state index in [0.29, 0.717) is 12.8 Å². The van der Waals surface area contributed by atoms with Gasteiger partial charge in [-0.2, -0.15) is 13.2 Å². The third-order valence-corrected chi connectivity index (χ3v) is 5.86. The molecule has 0 radical (unpaired) electrons. The Morgan fingerprint density at radius 3 is 2.48 bits per heavy atom. The van der Waals surface area contributed by atoms with Gasteiger partial charge in [-0.3, -0.25) is 0 Å². The fourth-order valence-electron chi connectivity index (χ4n) is 3.00. The average Bonchev–Trinajstić information content (AvgIpc) is 2.60. The summed E-state index contributed by atoms with van der Waals surface area (Å²) >= 11 is 0. The molecule has 1 aromatic carbocycles. The number of halogens is 4. The van der Waals surface area contributed by atoms with Crippen LogP contribution >= 0.6 is 0 Å². The molecule has 2 aromatic rings. The first-order chi connectivity index (χ1) is 12.6. The molecule has 1 saturated heterocycles. The Morgan fingerprint density at radius 1 is 1.22 bits per heavy atom. The van der Waals surface area contributed by atoms with Crippen LogP contribution in [-0.4, -0.2) is 43.3 Å². The molecular formula is C16H18F4N4O2S.